The monoisotopic (exact) mass is 238 g/mol. The first-order valence-electron chi connectivity index (χ1n) is 5.95. The van der Waals surface area contributed by atoms with Crippen LogP contribution in [0.1, 0.15) is 31.7 Å². The summed E-state index contributed by atoms with van der Waals surface area (Å²) in [6, 6.07) is 6.63. The summed E-state index contributed by atoms with van der Waals surface area (Å²) < 4.78 is 0. The number of likely N-dealkylation sites (tertiary alicyclic amines) is 1. The van der Waals surface area contributed by atoms with Gasteiger partial charge in [-0.15, -0.1) is 0 Å². The van der Waals surface area contributed by atoms with E-state index in [0.717, 1.165) is 6.54 Å². The number of hydrogen-bond acceptors (Lipinski definition) is 2. The van der Waals surface area contributed by atoms with Crippen molar-refractivity contribution in [3.05, 3.63) is 28.8 Å². The molecule has 2 N–H and O–H groups in total. The lowest BCUT2D eigenvalue weighted by Gasteiger charge is -2.33. The lowest BCUT2D eigenvalue weighted by atomic mass is 10.0. The van der Waals surface area contributed by atoms with E-state index >= 15 is 0 Å². The smallest absolute Gasteiger partial charge is 0.0635 e. The zero-order valence-corrected chi connectivity index (χ0v) is 10.5. The van der Waals surface area contributed by atoms with Crippen LogP contribution in [0.3, 0.4) is 0 Å². The highest BCUT2D eigenvalue weighted by molar-refractivity contribution is 6.33. The molecule has 1 aromatic rings. The van der Waals surface area contributed by atoms with Crippen molar-refractivity contribution in [1.29, 1.82) is 0 Å². The van der Waals surface area contributed by atoms with Crippen LogP contribution in [-0.2, 0) is 6.54 Å². The predicted molar refractivity (Wildman–Crippen MR) is 69.6 cm³/mol. The maximum atomic E-state index is 5.91. The quantitative estimate of drug-likeness (QED) is 0.802. The molecule has 0 aromatic heterocycles. The summed E-state index contributed by atoms with van der Waals surface area (Å²) in [6.45, 7) is 4.49. The molecule has 1 fully saturated rings. The second kappa shape index (κ2) is 5.07. The summed E-state index contributed by atoms with van der Waals surface area (Å²) >= 11 is 5.91. The molecule has 1 saturated heterocycles. The molecule has 88 valence electrons. The molecule has 3 heteroatoms. The molecule has 0 spiro atoms. The van der Waals surface area contributed by atoms with Crippen molar-refractivity contribution >= 4 is 17.3 Å². The molecular weight excluding hydrogens is 220 g/mol. The third kappa shape index (κ3) is 2.69. The van der Waals surface area contributed by atoms with E-state index in [0.29, 0.717) is 16.8 Å². The van der Waals surface area contributed by atoms with E-state index in [-0.39, 0.29) is 0 Å². The molecule has 0 bridgehead atoms. The van der Waals surface area contributed by atoms with Gasteiger partial charge in [0, 0.05) is 12.6 Å². The Morgan fingerprint density at radius 2 is 2.25 bits per heavy atom. The van der Waals surface area contributed by atoms with Crippen molar-refractivity contribution < 1.29 is 0 Å². The fourth-order valence-electron chi connectivity index (χ4n) is 2.32. The Kier molecular flexibility index (Phi) is 3.72. The van der Waals surface area contributed by atoms with Gasteiger partial charge in [0.25, 0.3) is 0 Å². The molecule has 1 unspecified atom stereocenters. The Hall–Kier alpha value is -0.730. The second-order valence-electron chi connectivity index (χ2n) is 4.67. The standard InChI is InChI=1S/C13H19ClN2/c1-10-4-2-3-7-16(10)9-11-5-6-12(14)13(15)8-11/h5-6,8,10H,2-4,7,9,15H2,1H3. The minimum absolute atomic E-state index is 0.649. The van der Waals surface area contributed by atoms with E-state index in [4.69, 9.17) is 17.3 Å². The van der Waals surface area contributed by atoms with Crippen LogP contribution >= 0.6 is 11.6 Å². The van der Waals surface area contributed by atoms with Gasteiger partial charge in [0.1, 0.15) is 0 Å². The normalized spacial score (nSPS) is 22.2. The minimum atomic E-state index is 0.649. The summed E-state index contributed by atoms with van der Waals surface area (Å²) in [5.74, 6) is 0. The van der Waals surface area contributed by atoms with Crippen LogP contribution in [-0.4, -0.2) is 17.5 Å². The highest BCUT2D eigenvalue weighted by Gasteiger charge is 2.18. The Labute approximate surface area is 102 Å². The summed E-state index contributed by atoms with van der Waals surface area (Å²) in [4.78, 5) is 2.52. The zero-order chi connectivity index (χ0) is 11.5. The lowest BCUT2D eigenvalue weighted by molar-refractivity contribution is 0.152. The van der Waals surface area contributed by atoms with E-state index in [1.165, 1.54) is 31.4 Å². The van der Waals surface area contributed by atoms with E-state index in [1.54, 1.807) is 0 Å². The van der Waals surface area contributed by atoms with E-state index in [9.17, 15) is 0 Å². The average Bonchev–Trinajstić information content (AvgIpc) is 2.27. The van der Waals surface area contributed by atoms with Crippen LogP contribution < -0.4 is 5.73 Å². The summed E-state index contributed by atoms with van der Waals surface area (Å²) in [5.41, 5.74) is 7.75. The van der Waals surface area contributed by atoms with Crippen molar-refractivity contribution in [3.63, 3.8) is 0 Å². The number of piperidine rings is 1. The van der Waals surface area contributed by atoms with Gasteiger partial charge in [-0.1, -0.05) is 24.1 Å². The van der Waals surface area contributed by atoms with Crippen LogP contribution in [0, 0.1) is 0 Å². The van der Waals surface area contributed by atoms with Crippen molar-refractivity contribution in [2.75, 3.05) is 12.3 Å². The van der Waals surface area contributed by atoms with Gasteiger partial charge in [0.05, 0.1) is 10.7 Å². The Balaban J connectivity index is 2.05. The van der Waals surface area contributed by atoms with Gasteiger partial charge in [0.15, 0.2) is 0 Å². The molecule has 2 rings (SSSR count). The third-order valence-electron chi connectivity index (χ3n) is 3.39. The van der Waals surface area contributed by atoms with E-state index in [2.05, 4.69) is 17.9 Å². The van der Waals surface area contributed by atoms with Crippen molar-refractivity contribution in [1.82, 2.24) is 4.90 Å². The first-order valence-corrected chi connectivity index (χ1v) is 6.32. The molecule has 0 aliphatic carbocycles. The van der Waals surface area contributed by atoms with Gasteiger partial charge < -0.3 is 5.73 Å². The van der Waals surface area contributed by atoms with Crippen molar-refractivity contribution in [2.45, 2.75) is 38.8 Å². The van der Waals surface area contributed by atoms with Crippen LogP contribution in [0.25, 0.3) is 0 Å². The average molecular weight is 239 g/mol. The van der Waals surface area contributed by atoms with Gasteiger partial charge in [-0.2, -0.15) is 0 Å². The van der Waals surface area contributed by atoms with Crippen LogP contribution in [0.4, 0.5) is 5.69 Å². The largest absolute Gasteiger partial charge is 0.398 e. The topological polar surface area (TPSA) is 29.3 Å². The lowest BCUT2D eigenvalue weighted by Crippen LogP contribution is -2.36. The first-order chi connectivity index (χ1) is 7.66. The van der Waals surface area contributed by atoms with Gasteiger partial charge in [0.2, 0.25) is 0 Å². The minimum Gasteiger partial charge on any atom is -0.398 e. The van der Waals surface area contributed by atoms with Gasteiger partial charge in [-0.3, -0.25) is 4.90 Å². The maximum Gasteiger partial charge on any atom is 0.0635 e. The highest BCUT2D eigenvalue weighted by atomic mass is 35.5. The number of anilines is 1. The predicted octanol–water partition coefficient (Wildman–Crippen LogP) is 3.30. The third-order valence-corrected chi connectivity index (χ3v) is 3.73. The molecule has 0 amide bonds. The molecule has 16 heavy (non-hydrogen) atoms. The van der Waals surface area contributed by atoms with Crippen LogP contribution in [0.5, 0.6) is 0 Å². The van der Waals surface area contributed by atoms with Gasteiger partial charge >= 0.3 is 0 Å². The molecule has 1 heterocycles. The number of nitrogens with zero attached hydrogens (tertiary/aromatic N) is 1. The number of nitrogen functional groups attached to an aromatic ring is 1. The molecule has 0 saturated carbocycles. The number of rotatable bonds is 2. The number of nitrogens with two attached hydrogens (primary N) is 1. The summed E-state index contributed by atoms with van der Waals surface area (Å²) in [5, 5.41) is 0.649. The molecule has 0 radical (unpaired) electrons. The van der Waals surface area contributed by atoms with E-state index in [1.807, 2.05) is 12.1 Å². The molecule has 1 aromatic carbocycles. The van der Waals surface area contributed by atoms with Gasteiger partial charge in [-0.25, -0.2) is 0 Å². The van der Waals surface area contributed by atoms with Crippen molar-refractivity contribution in [3.8, 4) is 0 Å². The van der Waals surface area contributed by atoms with Crippen LogP contribution in [0.15, 0.2) is 18.2 Å². The summed E-state index contributed by atoms with van der Waals surface area (Å²) in [6.07, 6.45) is 3.98. The second-order valence-corrected chi connectivity index (χ2v) is 5.08. The number of benzene rings is 1. The van der Waals surface area contributed by atoms with Crippen molar-refractivity contribution in [2.24, 2.45) is 0 Å². The zero-order valence-electron chi connectivity index (χ0n) is 9.75. The molecule has 1 aliphatic heterocycles. The number of halogens is 1. The SMILES string of the molecule is CC1CCCCN1Cc1ccc(Cl)c(N)c1. The number of hydrogen-bond donors (Lipinski definition) is 1. The van der Waals surface area contributed by atoms with Crippen LogP contribution in [0.2, 0.25) is 5.02 Å². The molecular formula is C13H19ClN2. The highest BCUT2D eigenvalue weighted by Crippen LogP contribution is 2.23. The van der Waals surface area contributed by atoms with E-state index < -0.39 is 0 Å². The Morgan fingerprint density at radius 3 is 2.94 bits per heavy atom. The maximum absolute atomic E-state index is 5.91. The fraction of sp³-hybridized carbons (Fsp3) is 0.538. The molecule has 2 nitrogen and oxygen atoms in total. The Morgan fingerprint density at radius 1 is 1.44 bits per heavy atom. The molecule has 1 aliphatic rings. The Bertz CT molecular complexity index is 365. The fourth-order valence-corrected chi connectivity index (χ4v) is 2.44. The summed E-state index contributed by atoms with van der Waals surface area (Å²) in [7, 11) is 0. The molecule has 1 atom stereocenters. The first kappa shape index (κ1) is 11.7. The van der Waals surface area contributed by atoms with Gasteiger partial charge in [-0.05, 0) is 44.0 Å².